The first-order valence-electron chi connectivity index (χ1n) is 6.23. The lowest BCUT2D eigenvalue weighted by Crippen LogP contribution is -2.41. The number of benzene rings is 1. The Labute approximate surface area is 122 Å². The lowest BCUT2D eigenvalue weighted by Gasteiger charge is -2.29. The number of nitrogens with two attached hydrogens (primary N) is 1. The van der Waals surface area contributed by atoms with E-state index in [1.165, 1.54) is 0 Å². The van der Waals surface area contributed by atoms with Crippen molar-refractivity contribution in [2.45, 2.75) is 12.2 Å². The molecule has 19 heavy (non-hydrogen) atoms. The van der Waals surface area contributed by atoms with Gasteiger partial charge >= 0.3 is 0 Å². The van der Waals surface area contributed by atoms with Crippen LogP contribution in [-0.2, 0) is 4.79 Å². The third-order valence-electron chi connectivity index (χ3n) is 2.96. The van der Waals surface area contributed by atoms with Gasteiger partial charge in [-0.05, 0) is 18.2 Å². The van der Waals surface area contributed by atoms with Crippen molar-refractivity contribution >= 4 is 40.6 Å². The molecule has 104 valence electrons. The fraction of sp³-hybridized carbons (Fsp3) is 0.462. The number of rotatable bonds is 3. The van der Waals surface area contributed by atoms with E-state index in [1.54, 1.807) is 18.2 Å². The summed E-state index contributed by atoms with van der Waals surface area (Å²) < 4.78 is 0. The second kappa shape index (κ2) is 6.50. The minimum atomic E-state index is -0.0363. The van der Waals surface area contributed by atoms with E-state index in [1.807, 2.05) is 11.8 Å². The molecule has 1 unspecified atom stereocenters. The Balaban J connectivity index is 1.90. The molecule has 1 heterocycles. The topological polar surface area (TPSA) is 58.4 Å². The van der Waals surface area contributed by atoms with Crippen LogP contribution in [0.25, 0.3) is 0 Å². The number of nitrogens with one attached hydrogen (secondary N) is 1. The molecule has 1 atom stereocenters. The molecule has 1 amide bonds. The maximum Gasteiger partial charge on any atom is 0.238 e. The van der Waals surface area contributed by atoms with Crippen molar-refractivity contribution in [3.8, 4) is 0 Å². The van der Waals surface area contributed by atoms with E-state index in [0.717, 1.165) is 18.8 Å². The maximum atomic E-state index is 12.0. The number of nitrogens with zero attached hydrogens (tertiary/aromatic N) is 1. The fourth-order valence-corrected chi connectivity index (χ4v) is 3.38. The minimum absolute atomic E-state index is 0.0363. The zero-order chi connectivity index (χ0) is 13.8. The van der Waals surface area contributed by atoms with Crippen LogP contribution in [0.4, 0.5) is 11.4 Å². The number of amides is 1. The van der Waals surface area contributed by atoms with Crippen LogP contribution in [0.5, 0.6) is 0 Å². The largest absolute Gasteiger partial charge is 0.399 e. The van der Waals surface area contributed by atoms with Gasteiger partial charge in [0, 0.05) is 29.8 Å². The molecule has 1 aliphatic rings. The molecule has 6 heteroatoms. The van der Waals surface area contributed by atoms with Gasteiger partial charge in [0.05, 0.1) is 17.3 Å². The second-order valence-electron chi connectivity index (χ2n) is 4.70. The molecule has 1 aromatic carbocycles. The number of thioether (sulfide) groups is 1. The van der Waals surface area contributed by atoms with Crippen LogP contribution < -0.4 is 11.1 Å². The molecule has 1 aromatic rings. The van der Waals surface area contributed by atoms with Gasteiger partial charge in [0.15, 0.2) is 0 Å². The van der Waals surface area contributed by atoms with Crippen LogP contribution in [0, 0.1) is 0 Å². The van der Waals surface area contributed by atoms with Gasteiger partial charge in [-0.2, -0.15) is 11.8 Å². The Bertz CT molecular complexity index is 469. The van der Waals surface area contributed by atoms with E-state index in [4.69, 9.17) is 17.3 Å². The first-order valence-corrected chi connectivity index (χ1v) is 7.66. The quantitative estimate of drug-likeness (QED) is 0.841. The summed E-state index contributed by atoms with van der Waals surface area (Å²) in [6.45, 7) is 4.50. The van der Waals surface area contributed by atoms with Crippen molar-refractivity contribution in [2.75, 3.05) is 36.4 Å². The van der Waals surface area contributed by atoms with E-state index >= 15 is 0 Å². The molecule has 3 N–H and O–H groups in total. The molecule has 4 nitrogen and oxygen atoms in total. The predicted molar refractivity (Wildman–Crippen MR) is 82.9 cm³/mol. The summed E-state index contributed by atoms with van der Waals surface area (Å²) in [4.78, 5) is 14.1. The highest BCUT2D eigenvalue weighted by atomic mass is 35.5. The minimum Gasteiger partial charge on any atom is -0.399 e. The zero-order valence-electron chi connectivity index (χ0n) is 10.9. The molecular formula is C13H18ClN3OS. The normalized spacial score (nSPS) is 20.2. The Morgan fingerprint density at radius 3 is 3.11 bits per heavy atom. The molecule has 0 saturated carbocycles. The number of hydrogen-bond acceptors (Lipinski definition) is 4. The van der Waals surface area contributed by atoms with Gasteiger partial charge in [-0.25, -0.2) is 0 Å². The molecule has 0 radical (unpaired) electrons. The van der Waals surface area contributed by atoms with Crippen molar-refractivity contribution < 1.29 is 4.79 Å². The van der Waals surface area contributed by atoms with Crippen LogP contribution >= 0.6 is 23.4 Å². The number of carbonyl (C=O) groups is 1. The summed E-state index contributed by atoms with van der Waals surface area (Å²) in [5.41, 5.74) is 6.81. The number of anilines is 2. The Morgan fingerprint density at radius 1 is 1.63 bits per heavy atom. The maximum absolute atomic E-state index is 12.0. The summed E-state index contributed by atoms with van der Waals surface area (Å²) in [6.07, 6.45) is 0. The van der Waals surface area contributed by atoms with Crippen LogP contribution in [0.1, 0.15) is 6.92 Å². The van der Waals surface area contributed by atoms with E-state index in [9.17, 15) is 4.79 Å². The van der Waals surface area contributed by atoms with E-state index in [2.05, 4.69) is 17.1 Å². The smallest absolute Gasteiger partial charge is 0.238 e. The second-order valence-corrected chi connectivity index (χ2v) is 6.66. The average molecular weight is 300 g/mol. The summed E-state index contributed by atoms with van der Waals surface area (Å²) >= 11 is 7.98. The van der Waals surface area contributed by atoms with Crippen LogP contribution in [0.2, 0.25) is 5.02 Å². The number of nitrogen functional groups attached to an aromatic ring is 1. The third kappa shape index (κ3) is 4.30. The lowest BCUT2D eigenvalue weighted by molar-refractivity contribution is -0.117. The molecule has 0 bridgehead atoms. The fourth-order valence-electron chi connectivity index (χ4n) is 2.06. The highest BCUT2D eigenvalue weighted by Gasteiger charge is 2.19. The molecular weight excluding hydrogens is 282 g/mol. The Kier molecular flexibility index (Phi) is 4.96. The predicted octanol–water partition coefficient (Wildman–Crippen LogP) is 2.30. The number of halogens is 1. The lowest BCUT2D eigenvalue weighted by atomic mass is 10.3. The Morgan fingerprint density at radius 2 is 2.42 bits per heavy atom. The van der Waals surface area contributed by atoms with Crippen molar-refractivity contribution in [1.29, 1.82) is 0 Å². The summed E-state index contributed by atoms with van der Waals surface area (Å²) in [5.74, 6) is 1.04. The van der Waals surface area contributed by atoms with Crippen molar-refractivity contribution in [3.05, 3.63) is 23.2 Å². The zero-order valence-corrected chi connectivity index (χ0v) is 12.4. The molecule has 1 saturated heterocycles. The van der Waals surface area contributed by atoms with Gasteiger partial charge in [-0.3, -0.25) is 9.69 Å². The van der Waals surface area contributed by atoms with Crippen molar-refractivity contribution in [2.24, 2.45) is 0 Å². The number of carbonyl (C=O) groups excluding carboxylic acids is 1. The van der Waals surface area contributed by atoms with Crippen LogP contribution in [0.15, 0.2) is 18.2 Å². The van der Waals surface area contributed by atoms with Gasteiger partial charge < -0.3 is 11.1 Å². The molecule has 1 aliphatic heterocycles. The molecule has 2 rings (SSSR count). The van der Waals surface area contributed by atoms with E-state index < -0.39 is 0 Å². The number of hydrogen-bond donors (Lipinski definition) is 2. The first-order chi connectivity index (χ1) is 9.04. The van der Waals surface area contributed by atoms with Gasteiger partial charge in [0.1, 0.15) is 0 Å². The SMILES string of the molecule is CC1CN(CC(=O)Nc2ccc(N)cc2Cl)CCS1. The van der Waals surface area contributed by atoms with Gasteiger partial charge in [0.25, 0.3) is 0 Å². The molecule has 0 spiro atoms. The standard InChI is InChI=1S/C13H18ClN3OS/c1-9-7-17(4-5-19-9)8-13(18)16-12-3-2-10(15)6-11(12)14/h2-3,6,9H,4-5,7-8,15H2,1H3,(H,16,18). The van der Waals surface area contributed by atoms with Crippen LogP contribution in [0.3, 0.4) is 0 Å². The van der Waals surface area contributed by atoms with Gasteiger partial charge in [-0.1, -0.05) is 18.5 Å². The molecule has 0 aliphatic carbocycles. The Hall–Kier alpha value is -0.910. The van der Waals surface area contributed by atoms with Gasteiger partial charge in [0.2, 0.25) is 5.91 Å². The van der Waals surface area contributed by atoms with E-state index in [-0.39, 0.29) is 5.91 Å². The average Bonchev–Trinajstić information content (AvgIpc) is 2.33. The van der Waals surface area contributed by atoms with Crippen molar-refractivity contribution in [3.63, 3.8) is 0 Å². The highest BCUT2D eigenvalue weighted by Crippen LogP contribution is 2.24. The highest BCUT2D eigenvalue weighted by molar-refractivity contribution is 7.99. The monoisotopic (exact) mass is 299 g/mol. The molecule has 1 fully saturated rings. The molecule has 0 aromatic heterocycles. The third-order valence-corrected chi connectivity index (χ3v) is 4.41. The summed E-state index contributed by atoms with van der Waals surface area (Å²) in [5, 5.41) is 3.88. The van der Waals surface area contributed by atoms with E-state index in [0.29, 0.717) is 28.2 Å². The first kappa shape index (κ1) is 14.5. The summed E-state index contributed by atoms with van der Waals surface area (Å²) in [7, 11) is 0. The van der Waals surface area contributed by atoms with Gasteiger partial charge in [-0.15, -0.1) is 0 Å². The summed E-state index contributed by atoms with van der Waals surface area (Å²) in [6, 6.07) is 5.09. The van der Waals surface area contributed by atoms with Crippen LogP contribution in [-0.4, -0.2) is 41.4 Å². The van der Waals surface area contributed by atoms with Crippen molar-refractivity contribution in [1.82, 2.24) is 4.90 Å².